The van der Waals surface area contributed by atoms with Crippen molar-refractivity contribution >= 4 is 10.0 Å². The van der Waals surface area contributed by atoms with Crippen LogP contribution in [-0.4, -0.2) is 54.1 Å². The third-order valence-electron chi connectivity index (χ3n) is 3.66. The quantitative estimate of drug-likeness (QED) is 0.759. The summed E-state index contributed by atoms with van der Waals surface area (Å²) in [7, 11) is -3.29. The third kappa shape index (κ3) is 2.53. The molecule has 3 rings (SSSR count). The first-order valence-corrected chi connectivity index (χ1v) is 8.13. The molecular formula is C11H18N4O3S. The highest BCUT2D eigenvalue weighted by Crippen LogP contribution is 2.26. The summed E-state index contributed by atoms with van der Waals surface area (Å²) in [5.74, 6) is 0. The molecule has 3 heterocycles. The van der Waals surface area contributed by atoms with Crippen molar-refractivity contribution in [3.63, 3.8) is 0 Å². The molecule has 1 fully saturated rings. The lowest BCUT2D eigenvalue weighted by Crippen LogP contribution is -2.46. The van der Waals surface area contributed by atoms with E-state index in [1.54, 1.807) is 6.20 Å². The maximum Gasteiger partial charge on any atom is 0.250 e. The van der Waals surface area contributed by atoms with Crippen LogP contribution in [0.1, 0.15) is 17.7 Å². The molecule has 0 amide bonds. The zero-order chi connectivity index (χ0) is 13.6. The van der Waals surface area contributed by atoms with Crippen LogP contribution in [0, 0.1) is 0 Å². The van der Waals surface area contributed by atoms with Gasteiger partial charge in [0.15, 0.2) is 0 Å². The number of aromatic nitrogens is 2. The van der Waals surface area contributed by atoms with Crippen LogP contribution in [0.25, 0.3) is 0 Å². The van der Waals surface area contributed by atoms with Crippen molar-refractivity contribution in [1.82, 2.24) is 14.1 Å². The van der Waals surface area contributed by atoms with E-state index in [-0.39, 0.29) is 6.04 Å². The first-order chi connectivity index (χ1) is 8.93. The summed E-state index contributed by atoms with van der Waals surface area (Å²) < 4.78 is 29.4. The van der Waals surface area contributed by atoms with Crippen molar-refractivity contribution < 1.29 is 13.2 Å². The molecule has 0 bridgehead atoms. The highest BCUT2D eigenvalue weighted by Gasteiger charge is 2.32. The van der Waals surface area contributed by atoms with Gasteiger partial charge in [0.05, 0.1) is 25.2 Å². The summed E-state index contributed by atoms with van der Waals surface area (Å²) in [4.78, 5) is 2.25. The van der Waals surface area contributed by atoms with Gasteiger partial charge in [-0.3, -0.25) is 4.90 Å². The number of hydrogen-bond acceptors (Lipinski definition) is 6. The van der Waals surface area contributed by atoms with Crippen LogP contribution >= 0.6 is 0 Å². The highest BCUT2D eigenvalue weighted by molar-refractivity contribution is 7.89. The van der Waals surface area contributed by atoms with Gasteiger partial charge < -0.3 is 10.5 Å². The van der Waals surface area contributed by atoms with Crippen molar-refractivity contribution in [2.24, 2.45) is 5.73 Å². The maximum atomic E-state index is 11.4. The molecule has 0 unspecified atom stereocenters. The molecule has 1 aromatic heterocycles. The second kappa shape index (κ2) is 4.55. The van der Waals surface area contributed by atoms with Crippen LogP contribution in [0.15, 0.2) is 6.20 Å². The Morgan fingerprint density at radius 3 is 2.84 bits per heavy atom. The smallest absolute Gasteiger partial charge is 0.250 e. The predicted octanol–water partition coefficient (Wildman–Crippen LogP) is -0.877. The van der Waals surface area contributed by atoms with Gasteiger partial charge in [0.25, 0.3) is 10.0 Å². The van der Waals surface area contributed by atoms with E-state index in [4.69, 9.17) is 10.5 Å². The lowest BCUT2D eigenvalue weighted by Gasteiger charge is -2.33. The zero-order valence-electron chi connectivity index (χ0n) is 10.8. The summed E-state index contributed by atoms with van der Waals surface area (Å²) in [6, 6.07) is 0.382. The van der Waals surface area contributed by atoms with Gasteiger partial charge in [-0.05, 0) is 6.42 Å². The fraction of sp³-hybridized carbons (Fsp3) is 0.727. The molecule has 0 saturated carbocycles. The molecule has 0 spiro atoms. The van der Waals surface area contributed by atoms with E-state index in [2.05, 4.69) is 10.00 Å². The largest absolute Gasteiger partial charge is 0.378 e. The minimum Gasteiger partial charge on any atom is -0.378 e. The van der Waals surface area contributed by atoms with Gasteiger partial charge in [-0.2, -0.15) is 9.19 Å². The summed E-state index contributed by atoms with van der Waals surface area (Å²) in [5, 5.41) is 4.14. The normalized spacial score (nSPS) is 28.5. The first-order valence-electron chi connectivity index (χ1n) is 6.29. The van der Waals surface area contributed by atoms with E-state index < -0.39 is 10.0 Å². The Hall–Kier alpha value is -0.960. The molecule has 8 heteroatoms. The fourth-order valence-electron chi connectivity index (χ4n) is 2.68. The van der Waals surface area contributed by atoms with Gasteiger partial charge in [0, 0.05) is 36.9 Å². The fourth-order valence-corrected chi connectivity index (χ4v) is 3.24. The topological polar surface area (TPSA) is 90.5 Å². The van der Waals surface area contributed by atoms with Gasteiger partial charge in [0.1, 0.15) is 0 Å². The first kappa shape index (κ1) is 13.0. The van der Waals surface area contributed by atoms with E-state index in [1.807, 2.05) is 0 Å². The van der Waals surface area contributed by atoms with Crippen LogP contribution in [0.4, 0.5) is 0 Å². The Bertz CT molecular complexity index is 559. The van der Waals surface area contributed by atoms with Crippen LogP contribution in [0.5, 0.6) is 0 Å². The van der Waals surface area contributed by atoms with E-state index in [0.717, 1.165) is 28.0 Å². The molecule has 2 N–H and O–H groups in total. The third-order valence-corrected chi connectivity index (χ3v) is 4.52. The Morgan fingerprint density at radius 2 is 2.21 bits per heavy atom. The molecule has 0 aliphatic carbocycles. The van der Waals surface area contributed by atoms with E-state index >= 15 is 0 Å². The molecule has 2 aliphatic rings. The SMILES string of the molecule is CS(=O)(=O)n1cc2c(n1)CN([C@H]1COC[C@@H](N)C1)C2. The number of nitrogens with zero attached hydrogens (tertiary/aromatic N) is 3. The molecule has 0 radical (unpaired) electrons. The van der Waals surface area contributed by atoms with Gasteiger partial charge in [-0.15, -0.1) is 0 Å². The molecule has 19 heavy (non-hydrogen) atoms. The molecule has 1 aromatic rings. The number of rotatable bonds is 2. The van der Waals surface area contributed by atoms with Crippen LogP contribution in [0.3, 0.4) is 0 Å². The maximum absolute atomic E-state index is 11.4. The molecule has 2 aliphatic heterocycles. The zero-order valence-corrected chi connectivity index (χ0v) is 11.6. The Kier molecular flexibility index (Phi) is 3.12. The van der Waals surface area contributed by atoms with Crippen molar-refractivity contribution in [2.45, 2.75) is 31.6 Å². The molecular weight excluding hydrogens is 268 g/mol. The highest BCUT2D eigenvalue weighted by atomic mass is 32.2. The minimum absolute atomic E-state index is 0.0858. The average Bonchev–Trinajstić information content (AvgIpc) is 2.85. The summed E-state index contributed by atoms with van der Waals surface area (Å²) in [6.07, 6.45) is 3.67. The second-order valence-corrected chi connectivity index (χ2v) is 7.17. The van der Waals surface area contributed by atoms with Gasteiger partial charge in [0.2, 0.25) is 0 Å². The molecule has 1 saturated heterocycles. The van der Waals surface area contributed by atoms with E-state index in [1.165, 1.54) is 0 Å². The summed E-state index contributed by atoms with van der Waals surface area (Å²) in [6.45, 7) is 2.68. The standard InChI is InChI=1S/C11H18N4O3S/c1-19(16,17)15-4-8-3-14(5-11(8)13-15)10-2-9(12)6-18-7-10/h4,9-10H,2-3,5-7,12H2,1H3/t9-,10+/m0/s1. The Labute approximate surface area is 112 Å². The van der Waals surface area contributed by atoms with Crippen LogP contribution < -0.4 is 5.73 Å². The van der Waals surface area contributed by atoms with Crippen molar-refractivity contribution in [3.8, 4) is 0 Å². The average molecular weight is 286 g/mol. The minimum atomic E-state index is -3.29. The number of hydrogen-bond donors (Lipinski definition) is 1. The Morgan fingerprint density at radius 1 is 1.42 bits per heavy atom. The van der Waals surface area contributed by atoms with Crippen molar-refractivity contribution in [1.29, 1.82) is 0 Å². The van der Waals surface area contributed by atoms with Crippen molar-refractivity contribution in [2.75, 3.05) is 19.5 Å². The van der Waals surface area contributed by atoms with Crippen molar-refractivity contribution in [3.05, 3.63) is 17.5 Å². The molecule has 2 atom stereocenters. The monoisotopic (exact) mass is 286 g/mol. The summed E-state index contributed by atoms with van der Waals surface area (Å²) in [5.41, 5.74) is 7.72. The van der Waals surface area contributed by atoms with Gasteiger partial charge in [-0.25, -0.2) is 8.42 Å². The summed E-state index contributed by atoms with van der Waals surface area (Å²) >= 11 is 0. The molecule has 0 aromatic carbocycles. The van der Waals surface area contributed by atoms with E-state index in [9.17, 15) is 8.42 Å². The molecule has 106 valence electrons. The molecule has 7 nitrogen and oxygen atoms in total. The lowest BCUT2D eigenvalue weighted by molar-refractivity contribution is 0.00507. The predicted molar refractivity (Wildman–Crippen MR) is 68.9 cm³/mol. The number of fused-ring (bicyclic) bond motifs is 1. The lowest BCUT2D eigenvalue weighted by atomic mass is 10.1. The number of nitrogens with two attached hydrogens (primary N) is 1. The number of ether oxygens (including phenoxy) is 1. The van der Waals surface area contributed by atoms with Gasteiger partial charge in [-0.1, -0.05) is 0 Å². The second-order valence-electron chi connectivity index (χ2n) is 5.33. The van der Waals surface area contributed by atoms with E-state index in [0.29, 0.717) is 32.3 Å². The van der Waals surface area contributed by atoms with Gasteiger partial charge >= 0.3 is 0 Å². The Balaban J connectivity index is 1.73. The van der Waals surface area contributed by atoms with Crippen LogP contribution in [0.2, 0.25) is 0 Å². The van der Waals surface area contributed by atoms with Crippen LogP contribution in [-0.2, 0) is 27.8 Å².